The largest absolute Gasteiger partial charge is 1.00 e. The maximum Gasteiger partial charge on any atom is 1.00 e. The predicted molar refractivity (Wildman–Crippen MR) is 69.3 cm³/mol. The summed E-state index contributed by atoms with van der Waals surface area (Å²) >= 11 is 2.53. The molecule has 2 rings (SSSR count). The molecule has 80 valence electrons. The summed E-state index contributed by atoms with van der Waals surface area (Å²) in [4.78, 5) is 0. The monoisotopic (exact) mass is 258 g/mol. The summed E-state index contributed by atoms with van der Waals surface area (Å²) < 4.78 is 6.69. The molecule has 0 unspecified atom stereocenters. The van der Waals surface area contributed by atoms with E-state index in [4.69, 9.17) is 4.55 Å². The van der Waals surface area contributed by atoms with Gasteiger partial charge in [0.25, 0.3) is 0 Å². The van der Waals surface area contributed by atoms with Crippen LogP contribution >= 0.6 is 12.9 Å². The van der Waals surface area contributed by atoms with Gasteiger partial charge in [0.1, 0.15) is 0 Å². The second-order valence-corrected chi connectivity index (χ2v) is 3.23. The van der Waals surface area contributed by atoms with Crippen LogP contribution in [0.25, 0.3) is 11.1 Å². The van der Waals surface area contributed by atoms with Crippen molar-refractivity contribution in [2.45, 2.75) is 6.92 Å². The van der Waals surface area contributed by atoms with E-state index in [1.54, 1.807) is 0 Å². The van der Waals surface area contributed by atoms with Crippen molar-refractivity contribution in [1.82, 2.24) is 0 Å². The molecule has 0 saturated carbocycles. The van der Waals surface area contributed by atoms with Crippen LogP contribution in [0.3, 0.4) is 0 Å². The van der Waals surface area contributed by atoms with Crippen molar-refractivity contribution >= 4 is 12.9 Å². The van der Waals surface area contributed by atoms with E-state index in [0.29, 0.717) is 0 Å². The molecular weight excluding hydrogens is 243 g/mol. The summed E-state index contributed by atoms with van der Waals surface area (Å²) in [6.07, 6.45) is 0. The fraction of sp³-hybridized carbons (Fsp3) is 0.0769. The van der Waals surface area contributed by atoms with E-state index in [2.05, 4.69) is 68.4 Å². The maximum absolute atomic E-state index is 6.69. The molecule has 2 aromatic carbocycles. The average Bonchev–Trinajstić information content (AvgIpc) is 2.34. The predicted octanol–water partition coefficient (Wildman–Crippen LogP) is 1.17. The van der Waals surface area contributed by atoms with Crippen molar-refractivity contribution < 1.29 is 57.4 Å². The maximum atomic E-state index is 6.69. The molecular formula is C13H15KOS. The van der Waals surface area contributed by atoms with E-state index in [1.165, 1.54) is 16.7 Å². The molecule has 16 heavy (non-hydrogen) atoms. The molecule has 1 N–H and O–H groups in total. The summed E-state index contributed by atoms with van der Waals surface area (Å²) in [6, 6.07) is 19.0. The first-order valence-corrected chi connectivity index (χ1v) is 5.08. The molecule has 0 spiro atoms. The van der Waals surface area contributed by atoms with Gasteiger partial charge in [0, 0.05) is 0 Å². The third-order valence-corrected chi connectivity index (χ3v) is 2.16. The fourth-order valence-corrected chi connectivity index (χ4v) is 1.38. The van der Waals surface area contributed by atoms with Gasteiger partial charge >= 0.3 is 51.4 Å². The molecule has 2 aromatic rings. The summed E-state index contributed by atoms with van der Waals surface area (Å²) in [7, 11) is 0. The van der Waals surface area contributed by atoms with E-state index in [-0.39, 0.29) is 52.8 Å². The van der Waals surface area contributed by atoms with E-state index >= 15 is 0 Å². The summed E-state index contributed by atoms with van der Waals surface area (Å²) in [6.45, 7) is 2.11. The molecule has 0 atom stereocenters. The topological polar surface area (TPSA) is 20.2 Å². The minimum atomic E-state index is 0. The molecule has 3 heteroatoms. The van der Waals surface area contributed by atoms with Gasteiger partial charge < -0.3 is 5.98 Å². The Labute approximate surface area is 146 Å². The Morgan fingerprint density at radius 2 is 1.25 bits per heavy atom. The summed E-state index contributed by atoms with van der Waals surface area (Å²) in [5.41, 5.74) is 3.87. The number of aryl methyl sites for hydroxylation is 1. The Hall–Kier alpha value is 0.386. The molecule has 0 fully saturated rings. The Balaban J connectivity index is 0. The van der Waals surface area contributed by atoms with E-state index in [0.717, 1.165) is 0 Å². The number of benzene rings is 2. The quantitative estimate of drug-likeness (QED) is 0.447. The molecule has 0 amide bonds. The minimum Gasteiger partial charge on any atom is -1.00 e. The van der Waals surface area contributed by atoms with Crippen LogP contribution in [-0.2, 0) is 0 Å². The van der Waals surface area contributed by atoms with Crippen molar-refractivity contribution in [2.75, 3.05) is 0 Å². The summed E-state index contributed by atoms with van der Waals surface area (Å²) in [5.74, 6) is 0. The number of rotatable bonds is 1. The van der Waals surface area contributed by atoms with E-state index in [9.17, 15) is 0 Å². The first kappa shape index (κ1) is 16.4. The van der Waals surface area contributed by atoms with Gasteiger partial charge in [-0.3, -0.25) is 0 Å². The van der Waals surface area contributed by atoms with Crippen LogP contribution in [0, 0.1) is 6.92 Å². The van der Waals surface area contributed by atoms with Crippen molar-refractivity contribution in [1.29, 1.82) is 0 Å². The molecule has 1 nitrogen and oxygen atoms in total. The number of hydrogen-bond acceptors (Lipinski definition) is 2. The van der Waals surface area contributed by atoms with Crippen LogP contribution in [0.15, 0.2) is 54.6 Å². The van der Waals surface area contributed by atoms with Crippen LogP contribution in [0.1, 0.15) is 6.99 Å². The zero-order valence-electron chi connectivity index (χ0n) is 10.6. The molecule has 0 aliphatic carbocycles. The van der Waals surface area contributed by atoms with Gasteiger partial charge in [-0.1, -0.05) is 60.2 Å². The second-order valence-electron chi connectivity index (χ2n) is 3.23. The van der Waals surface area contributed by atoms with Gasteiger partial charge in [-0.25, -0.2) is 0 Å². The minimum absolute atomic E-state index is 0. The van der Waals surface area contributed by atoms with Crippen LogP contribution in [0.4, 0.5) is 0 Å². The Morgan fingerprint density at radius 1 is 0.812 bits per heavy atom. The van der Waals surface area contributed by atoms with Gasteiger partial charge in [-0.05, 0) is 31.0 Å². The normalized spacial score (nSPS) is 8.44. The average molecular weight is 258 g/mol. The van der Waals surface area contributed by atoms with Crippen molar-refractivity contribution in [3.8, 4) is 11.1 Å². The van der Waals surface area contributed by atoms with Gasteiger partial charge in [-0.2, -0.15) is 0 Å². The summed E-state index contributed by atoms with van der Waals surface area (Å²) in [5, 5.41) is 0. The van der Waals surface area contributed by atoms with E-state index < -0.39 is 0 Å². The zero-order valence-corrected chi connectivity index (χ0v) is 13.6. The third kappa shape index (κ3) is 5.14. The van der Waals surface area contributed by atoms with Crippen molar-refractivity contribution in [3.63, 3.8) is 0 Å². The van der Waals surface area contributed by atoms with Crippen molar-refractivity contribution in [2.24, 2.45) is 0 Å². The molecule has 0 radical (unpaired) electrons. The van der Waals surface area contributed by atoms with Crippen LogP contribution in [-0.4, -0.2) is 4.55 Å². The van der Waals surface area contributed by atoms with Gasteiger partial charge in [0.2, 0.25) is 0 Å². The Morgan fingerprint density at radius 3 is 1.75 bits per heavy atom. The SMILES string of the molecule is Cc1ccc(-c2ccccc2)cc1.OS.[H-].[K+]. The smallest absolute Gasteiger partial charge is 1.00 e. The fourth-order valence-electron chi connectivity index (χ4n) is 1.38. The van der Waals surface area contributed by atoms with Crippen LogP contribution < -0.4 is 51.4 Å². The number of hydrogen-bond donors (Lipinski definition) is 2. The zero-order chi connectivity index (χ0) is 11.1. The Bertz CT molecular complexity index is 392. The number of thiol groups is 1. The van der Waals surface area contributed by atoms with E-state index in [1.807, 2.05) is 6.07 Å². The first-order valence-electron chi connectivity index (χ1n) is 4.68. The Kier molecular flexibility index (Phi) is 9.65. The molecule has 0 saturated heterocycles. The molecule has 0 aliphatic rings. The first-order chi connectivity index (χ1) is 7.36. The van der Waals surface area contributed by atoms with Gasteiger partial charge in [0.15, 0.2) is 0 Å². The van der Waals surface area contributed by atoms with Gasteiger partial charge in [0.05, 0.1) is 0 Å². The van der Waals surface area contributed by atoms with Gasteiger partial charge in [-0.15, -0.1) is 0 Å². The van der Waals surface area contributed by atoms with Crippen LogP contribution in [0.5, 0.6) is 0 Å². The molecule has 0 aliphatic heterocycles. The van der Waals surface area contributed by atoms with Crippen molar-refractivity contribution in [3.05, 3.63) is 60.2 Å². The van der Waals surface area contributed by atoms with Crippen LogP contribution in [0.2, 0.25) is 0 Å². The third-order valence-electron chi connectivity index (χ3n) is 2.16. The molecule has 0 heterocycles. The standard InChI is InChI=1S/C13H12.K.H2OS.H/c1-11-7-9-13(10-8-11)12-5-3-2-4-6-12;;1-2;/h2-10H,1H3;;1-2H;/q;+1;;-1. The second kappa shape index (κ2) is 9.42. The molecule has 0 bridgehead atoms. The molecule has 0 aromatic heterocycles.